The van der Waals surface area contributed by atoms with Gasteiger partial charge in [-0.05, 0) is 25.6 Å². The maximum atomic E-state index is 6.24. The van der Waals surface area contributed by atoms with Crippen LogP contribution in [0.3, 0.4) is 0 Å². The standard InChI is InChI=1S/C15H19ClN4/c1-11(13-6-4-5-7-14(13)16)20(3)10-12-8-19-15(17-2)9-18-12/h4-9,11H,10H2,1-3H3,(H,17,19). The van der Waals surface area contributed by atoms with Crippen LogP contribution in [-0.2, 0) is 6.54 Å². The van der Waals surface area contributed by atoms with Crippen LogP contribution < -0.4 is 5.32 Å². The van der Waals surface area contributed by atoms with Gasteiger partial charge in [-0.3, -0.25) is 9.88 Å². The van der Waals surface area contributed by atoms with E-state index in [0.717, 1.165) is 28.6 Å². The number of aromatic nitrogens is 2. The zero-order valence-corrected chi connectivity index (χ0v) is 12.7. The minimum absolute atomic E-state index is 0.217. The molecule has 0 fully saturated rings. The van der Waals surface area contributed by atoms with Crippen LogP contribution >= 0.6 is 11.6 Å². The highest BCUT2D eigenvalue weighted by atomic mass is 35.5. The fraction of sp³-hybridized carbons (Fsp3) is 0.333. The molecule has 0 aliphatic rings. The lowest BCUT2D eigenvalue weighted by Gasteiger charge is -2.25. The summed E-state index contributed by atoms with van der Waals surface area (Å²) in [4.78, 5) is 10.9. The van der Waals surface area contributed by atoms with E-state index in [1.165, 1.54) is 0 Å². The van der Waals surface area contributed by atoms with E-state index in [4.69, 9.17) is 11.6 Å². The third-order valence-corrected chi connectivity index (χ3v) is 3.73. The number of benzene rings is 1. The van der Waals surface area contributed by atoms with Crippen molar-refractivity contribution in [2.24, 2.45) is 0 Å². The molecule has 0 saturated carbocycles. The van der Waals surface area contributed by atoms with Crippen molar-refractivity contribution in [3.8, 4) is 0 Å². The molecule has 0 bridgehead atoms. The summed E-state index contributed by atoms with van der Waals surface area (Å²) in [6.07, 6.45) is 3.53. The third kappa shape index (κ3) is 3.46. The largest absolute Gasteiger partial charge is 0.372 e. The first-order chi connectivity index (χ1) is 9.61. The van der Waals surface area contributed by atoms with Gasteiger partial charge in [0.2, 0.25) is 0 Å². The van der Waals surface area contributed by atoms with Crippen molar-refractivity contribution in [1.29, 1.82) is 0 Å². The molecule has 0 aliphatic carbocycles. The Morgan fingerprint density at radius 1 is 1.25 bits per heavy atom. The van der Waals surface area contributed by atoms with Gasteiger partial charge in [-0.25, -0.2) is 4.98 Å². The number of halogens is 1. The van der Waals surface area contributed by atoms with Gasteiger partial charge >= 0.3 is 0 Å². The highest BCUT2D eigenvalue weighted by Crippen LogP contribution is 2.26. The molecule has 106 valence electrons. The van der Waals surface area contributed by atoms with Crippen molar-refractivity contribution in [3.05, 3.63) is 52.9 Å². The van der Waals surface area contributed by atoms with Crippen LogP contribution in [0.5, 0.6) is 0 Å². The normalized spacial score (nSPS) is 12.4. The minimum atomic E-state index is 0.217. The molecule has 0 radical (unpaired) electrons. The van der Waals surface area contributed by atoms with Crippen LogP contribution in [0.25, 0.3) is 0 Å². The third-order valence-electron chi connectivity index (χ3n) is 3.39. The summed E-state index contributed by atoms with van der Waals surface area (Å²) in [7, 11) is 3.89. The molecule has 1 heterocycles. The van der Waals surface area contributed by atoms with Gasteiger partial charge in [-0.15, -0.1) is 0 Å². The number of hydrogen-bond donors (Lipinski definition) is 1. The summed E-state index contributed by atoms with van der Waals surface area (Å²) >= 11 is 6.24. The summed E-state index contributed by atoms with van der Waals surface area (Å²) in [6.45, 7) is 2.86. The zero-order chi connectivity index (χ0) is 14.5. The molecule has 0 amide bonds. The zero-order valence-electron chi connectivity index (χ0n) is 12.0. The van der Waals surface area contributed by atoms with Gasteiger partial charge in [-0.1, -0.05) is 29.8 Å². The Hall–Kier alpha value is -1.65. The van der Waals surface area contributed by atoms with Crippen molar-refractivity contribution in [1.82, 2.24) is 14.9 Å². The Kier molecular flexibility index (Phi) is 4.93. The van der Waals surface area contributed by atoms with E-state index < -0.39 is 0 Å². The smallest absolute Gasteiger partial charge is 0.144 e. The van der Waals surface area contributed by atoms with E-state index in [1.807, 2.05) is 25.2 Å². The van der Waals surface area contributed by atoms with Gasteiger partial charge in [0.15, 0.2) is 0 Å². The van der Waals surface area contributed by atoms with Crippen LogP contribution in [0.4, 0.5) is 5.82 Å². The van der Waals surface area contributed by atoms with E-state index >= 15 is 0 Å². The van der Waals surface area contributed by atoms with Crippen LogP contribution in [0, 0.1) is 0 Å². The van der Waals surface area contributed by atoms with Crippen LogP contribution in [0.15, 0.2) is 36.7 Å². The topological polar surface area (TPSA) is 41.1 Å². The molecular formula is C15H19ClN4. The first-order valence-corrected chi connectivity index (χ1v) is 6.93. The second kappa shape index (κ2) is 6.68. The quantitative estimate of drug-likeness (QED) is 0.917. The van der Waals surface area contributed by atoms with Crippen molar-refractivity contribution in [3.63, 3.8) is 0 Å². The van der Waals surface area contributed by atoms with E-state index in [1.54, 1.807) is 12.4 Å². The van der Waals surface area contributed by atoms with Crippen LogP contribution in [0.2, 0.25) is 5.02 Å². The summed E-state index contributed by atoms with van der Waals surface area (Å²) < 4.78 is 0. The lowest BCUT2D eigenvalue weighted by atomic mass is 10.1. The maximum absolute atomic E-state index is 6.24. The monoisotopic (exact) mass is 290 g/mol. The first-order valence-electron chi connectivity index (χ1n) is 6.55. The summed E-state index contributed by atoms with van der Waals surface area (Å²) in [6, 6.07) is 8.14. The van der Waals surface area contributed by atoms with Crippen molar-refractivity contribution in [2.45, 2.75) is 19.5 Å². The molecule has 5 heteroatoms. The molecule has 1 aromatic heterocycles. The van der Waals surface area contributed by atoms with Gasteiger partial charge in [0.1, 0.15) is 5.82 Å². The molecule has 4 nitrogen and oxygen atoms in total. The lowest BCUT2D eigenvalue weighted by Crippen LogP contribution is -2.22. The lowest BCUT2D eigenvalue weighted by molar-refractivity contribution is 0.250. The van der Waals surface area contributed by atoms with Gasteiger partial charge in [0.05, 0.1) is 18.1 Å². The Labute approximate surface area is 124 Å². The van der Waals surface area contributed by atoms with Crippen LogP contribution in [0.1, 0.15) is 24.2 Å². The van der Waals surface area contributed by atoms with Crippen molar-refractivity contribution in [2.75, 3.05) is 19.4 Å². The van der Waals surface area contributed by atoms with Crippen molar-refractivity contribution < 1.29 is 0 Å². The van der Waals surface area contributed by atoms with Crippen LogP contribution in [-0.4, -0.2) is 29.0 Å². The average Bonchev–Trinajstić information content (AvgIpc) is 2.48. The molecule has 0 saturated heterocycles. The number of rotatable bonds is 5. The summed E-state index contributed by atoms with van der Waals surface area (Å²) in [5.74, 6) is 0.774. The van der Waals surface area contributed by atoms with E-state index in [-0.39, 0.29) is 6.04 Å². The fourth-order valence-electron chi connectivity index (χ4n) is 2.01. The molecule has 0 aliphatic heterocycles. The highest BCUT2D eigenvalue weighted by molar-refractivity contribution is 6.31. The Bertz CT molecular complexity index is 556. The highest BCUT2D eigenvalue weighted by Gasteiger charge is 2.15. The minimum Gasteiger partial charge on any atom is -0.372 e. The van der Waals surface area contributed by atoms with Gasteiger partial charge in [0, 0.05) is 24.7 Å². The Morgan fingerprint density at radius 2 is 2.00 bits per heavy atom. The first kappa shape index (κ1) is 14.8. The second-order valence-corrected chi connectivity index (χ2v) is 5.16. The second-order valence-electron chi connectivity index (χ2n) is 4.76. The fourth-order valence-corrected chi connectivity index (χ4v) is 2.30. The molecule has 1 atom stereocenters. The predicted molar refractivity (Wildman–Crippen MR) is 82.9 cm³/mol. The van der Waals surface area contributed by atoms with E-state index in [2.05, 4.69) is 40.2 Å². The number of anilines is 1. The molecule has 2 aromatic rings. The molecule has 0 spiro atoms. The Morgan fingerprint density at radius 3 is 2.60 bits per heavy atom. The SMILES string of the molecule is CNc1cnc(CN(C)C(C)c2ccccc2Cl)cn1. The van der Waals surface area contributed by atoms with E-state index in [9.17, 15) is 0 Å². The number of hydrogen-bond acceptors (Lipinski definition) is 4. The molecule has 2 rings (SSSR count). The molecule has 20 heavy (non-hydrogen) atoms. The molecular weight excluding hydrogens is 272 g/mol. The average molecular weight is 291 g/mol. The molecule has 1 unspecified atom stereocenters. The molecule has 1 aromatic carbocycles. The number of nitrogens with zero attached hydrogens (tertiary/aromatic N) is 3. The predicted octanol–water partition coefficient (Wildman–Crippen LogP) is 3.36. The van der Waals surface area contributed by atoms with E-state index in [0.29, 0.717) is 0 Å². The van der Waals surface area contributed by atoms with Gasteiger partial charge < -0.3 is 5.32 Å². The van der Waals surface area contributed by atoms with Crippen molar-refractivity contribution >= 4 is 17.4 Å². The van der Waals surface area contributed by atoms with Gasteiger partial charge in [-0.2, -0.15) is 0 Å². The summed E-state index contributed by atoms with van der Waals surface area (Å²) in [5, 5.41) is 3.75. The maximum Gasteiger partial charge on any atom is 0.144 e. The Balaban J connectivity index is 2.07. The molecule has 1 N–H and O–H groups in total. The van der Waals surface area contributed by atoms with Gasteiger partial charge in [0.25, 0.3) is 0 Å². The number of nitrogens with one attached hydrogen (secondary N) is 1. The summed E-state index contributed by atoms with van der Waals surface area (Å²) in [5.41, 5.74) is 2.06.